The molecule has 0 bridgehead atoms. The summed E-state index contributed by atoms with van der Waals surface area (Å²) in [5, 5.41) is 12.4. The van der Waals surface area contributed by atoms with E-state index in [9.17, 15) is 14.7 Å². The molecule has 2 N–H and O–H groups in total. The Hall–Kier alpha value is -3.80. The first-order valence-electron chi connectivity index (χ1n) is 12.8. The van der Waals surface area contributed by atoms with Crippen molar-refractivity contribution in [2.75, 3.05) is 24.6 Å². The summed E-state index contributed by atoms with van der Waals surface area (Å²) < 4.78 is 5.57. The minimum Gasteiger partial charge on any atom is -0.480 e. The zero-order valence-electron chi connectivity index (χ0n) is 20.6. The van der Waals surface area contributed by atoms with Gasteiger partial charge in [0.15, 0.2) is 0 Å². The minimum absolute atomic E-state index is 0.0712. The van der Waals surface area contributed by atoms with Gasteiger partial charge in [0.1, 0.15) is 12.6 Å². The first-order valence-corrected chi connectivity index (χ1v) is 12.8. The summed E-state index contributed by atoms with van der Waals surface area (Å²) in [7, 11) is 0. The molecule has 0 saturated carbocycles. The van der Waals surface area contributed by atoms with Crippen LogP contribution in [0.25, 0.3) is 11.1 Å². The first-order chi connectivity index (χ1) is 17.5. The summed E-state index contributed by atoms with van der Waals surface area (Å²) in [5.74, 6) is -1.15. The topological polar surface area (TPSA) is 78.9 Å². The van der Waals surface area contributed by atoms with Gasteiger partial charge in [-0.1, -0.05) is 67.6 Å². The molecule has 0 spiro atoms. The Morgan fingerprint density at radius 2 is 1.75 bits per heavy atom. The number of fused-ring (bicyclic) bond motifs is 4. The van der Waals surface area contributed by atoms with E-state index >= 15 is 0 Å². The summed E-state index contributed by atoms with van der Waals surface area (Å²) in [6.07, 6.45) is 2.67. The van der Waals surface area contributed by atoms with Crippen molar-refractivity contribution in [2.24, 2.45) is 0 Å². The number of aryl methyl sites for hydroxylation is 1. The molecule has 6 nitrogen and oxygen atoms in total. The van der Waals surface area contributed by atoms with Crippen LogP contribution in [-0.4, -0.2) is 42.9 Å². The molecular weight excluding hydrogens is 452 g/mol. The Labute approximate surface area is 211 Å². The van der Waals surface area contributed by atoms with Crippen molar-refractivity contribution in [3.8, 4) is 11.1 Å². The van der Waals surface area contributed by atoms with E-state index in [1.54, 1.807) is 0 Å². The van der Waals surface area contributed by atoms with Crippen LogP contribution in [0.3, 0.4) is 0 Å². The molecule has 1 atom stereocenters. The second-order valence-electron chi connectivity index (χ2n) is 9.62. The highest BCUT2D eigenvalue weighted by Gasteiger charge is 2.30. The molecule has 3 aromatic carbocycles. The van der Waals surface area contributed by atoms with Gasteiger partial charge in [0, 0.05) is 31.1 Å². The van der Waals surface area contributed by atoms with Crippen LogP contribution in [-0.2, 0) is 22.4 Å². The predicted octanol–water partition coefficient (Wildman–Crippen LogP) is 5.38. The van der Waals surface area contributed by atoms with Crippen LogP contribution in [0.15, 0.2) is 66.7 Å². The first kappa shape index (κ1) is 23.9. The van der Waals surface area contributed by atoms with Crippen LogP contribution >= 0.6 is 0 Å². The Morgan fingerprint density at radius 3 is 2.42 bits per heavy atom. The summed E-state index contributed by atoms with van der Waals surface area (Å²) in [6, 6.07) is 21.3. The molecule has 1 heterocycles. The Kier molecular flexibility index (Phi) is 6.94. The molecule has 2 aliphatic rings. The number of ether oxygens (including phenoxy) is 1. The van der Waals surface area contributed by atoms with E-state index in [2.05, 4.69) is 53.5 Å². The van der Waals surface area contributed by atoms with Crippen molar-refractivity contribution in [1.82, 2.24) is 5.32 Å². The van der Waals surface area contributed by atoms with E-state index in [-0.39, 0.29) is 18.9 Å². The molecule has 6 heteroatoms. The lowest BCUT2D eigenvalue weighted by Gasteiger charge is -2.31. The van der Waals surface area contributed by atoms with Crippen LogP contribution in [0.1, 0.15) is 47.9 Å². The summed E-state index contributed by atoms with van der Waals surface area (Å²) in [6.45, 7) is 4.40. The quantitative estimate of drug-likeness (QED) is 0.449. The van der Waals surface area contributed by atoms with Crippen LogP contribution in [0.5, 0.6) is 0 Å². The number of rotatable bonds is 8. The third-order valence-corrected chi connectivity index (χ3v) is 7.23. The van der Waals surface area contributed by atoms with E-state index in [1.807, 2.05) is 30.3 Å². The molecule has 3 aromatic rings. The summed E-state index contributed by atoms with van der Waals surface area (Å²) in [4.78, 5) is 27.0. The van der Waals surface area contributed by atoms with Crippen LogP contribution in [0, 0.1) is 0 Å². The number of benzene rings is 3. The fraction of sp³-hybridized carbons (Fsp3) is 0.333. The number of hydrogen-bond acceptors (Lipinski definition) is 4. The second kappa shape index (κ2) is 10.4. The molecule has 1 amide bonds. The van der Waals surface area contributed by atoms with Gasteiger partial charge in [-0.25, -0.2) is 9.59 Å². The molecule has 1 aliphatic heterocycles. The van der Waals surface area contributed by atoms with Crippen molar-refractivity contribution in [3.63, 3.8) is 0 Å². The summed E-state index contributed by atoms with van der Waals surface area (Å²) >= 11 is 0. The van der Waals surface area contributed by atoms with Gasteiger partial charge >= 0.3 is 12.1 Å². The number of nitrogens with one attached hydrogen (secondary N) is 1. The number of alkyl carbamates (subject to hydrolysis) is 1. The molecule has 1 aliphatic carbocycles. The van der Waals surface area contributed by atoms with E-state index < -0.39 is 18.1 Å². The smallest absolute Gasteiger partial charge is 0.407 e. The number of anilines is 1. The van der Waals surface area contributed by atoms with Gasteiger partial charge in [0.05, 0.1) is 0 Å². The Morgan fingerprint density at radius 1 is 1.06 bits per heavy atom. The molecular formula is C30H32N2O4. The molecule has 0 fully saturated rings. The highest BCUT2D eigenvalue weighted by molar-refractivity contribution is 5.81. The highest BCUT2D eigenvalue weighted by Crippen LogP contribution is 2.44. The van der Waals surface area contributed by atoms with E-state index in [1.165, 1.54) is 11.3 Å². The van der Waals surface area contributed by atoms with Gasteiger partial charge in [-0.3, -0.25) is 0 Å². The van der Waals surface area contributed by atoms with Gasteiger partial charge in [0.2, 0.25) is 0 Å². The lowest BCUT2D eigenvalue weighted by molar-refractivity contribution is -0.139. The van der Waals surface area contributed by atoms with Gasteiger partial charge < -0.3 is 20.1 Å². The van der Waals surface area contributed by atoms with Crippen LogP contribution < -0.4 is 10.2 Å². The monoisotopic (exact) mass is 484 g/mol. The normalized spacial score (nSPS) is 15.0. The average molecular weight is 485 g/mol. The molecule has 0 aromatic heterocycles. The van der Waals surface area contributed by atoms with Crippen molar-refractivity contribution < 1.29 is 19.4 Å². The Bertz CT molecular complexity index is 1230. The van der Waals surface area contributed by atoms with Crippen molar-refractivity contribution in [3.05, 3.63) is 89.0 Å². The predicted molar refractivity (Wildman–Crippen MR) is 141 cm³/mol. The molecule has 5 rings (SSSR count). The minimum atomic E-state index is -1.08. The zero-order valence-corrected chi connectivity index (χ0v) is 20.6. The third kappa shape index (κ3) is 4.81. The number of carboxylic acids is 1. The van der Waals surface area contributed by atoms with Gasteiger partial charge in [-0.2, -0.15) is 0 Å². The number of carboxylic acid groups (broad SMARTS) is 1. The molecule has 0 radical (unpaired) electrons. The van der Waals surface area contributed by atoms with E-state index in [0.29, 0.717) is 0 Å². The third-order valence-electron chi connectivity index (χ3n) is 7.23. The maximum absolute atomic E-state index is 12.7. The maximum Gasteiger partial charge on any atom is 0.407 e. The largest absolute Gasteiger partial charge is 0.480 e. The van der Waals surface area contributed by atoms with Crippen molar-refractivity contribution in [1.29, 1.82) is 0 Å². The second-order valence-corrected chi connectivity index (χ2v) is 9.62. The number of carbonyl (C=O) groups excluding carboxylic acids is 1. The zero-order chi connectivity index (χ0) is 25.1. The van der Waals surface area contributed by atoms with Gasteiger partial charge in [-0.05, 0) is 58.7 Å². The average Bonchev–Trinajstić information content (AvgIpc) is 3.21. The molecule has 186 valence electrons. The lowest BCUT2D eigenvalue weighted by Crippen LogP contribution is -2.43. The number of aliphatic carboxylic acids is 1. The van der Waals surface area contributed by atoms with Crippen molar-refractivity contribution in [2.45, 2.75) is 44.6 Å². The fourth-order valence-electron chi connectivity index (χ4n) is 5.58. The molecule has 1 unspecified atom stereocenters. The fourth-order valence-corrected chi connectivity index (χ4v) is 5.58. The summed E-state index contributed by atoms with van der Waals surface area (Å²) in [5.41, 5.74) is 7.92. The number of nitrogens with zero attached hydrogens (tertiary/aromatic N) is 1. The van der Waals surface area contributed by atoms with Crippen LogP contribution in [0.4, 0.5) is 10.5 Å². The maximum atomic E-state index is 12.7. The molecule has 0 saturated heterocycles. The highest BCUT2D eigenvalue weighted by atomic mass is 16.5. The lowest BCUT2D eigenvalue weighted by atomic mass is 9.96. The molecule has 36 heavy (non-hydrogen) atoms. The van der Waals surface area contributed by atoms with Gasteiger partial charge in [0.25, 0.3) is 0 Å². The number of carbonyl (C=O) groups is 2. The number of hydrogen-bond donors (Lipinski definition) is 2. The van der Waals surface area contributed by atoms with E-state index in [4.69, 9.17) is 4.74 Å². The van der Waals surface area contributed by atoms with Crippen molar-refractivity contribution >= 4 is 17.7 Å². The van der Waals surface area contributed by atoms with E-state index in [0.717, 1.165) is 60.2 Å². The van der Waals surface area contributed by atoms with Crippen LogP contribution in [0.2, 0.25) is 0 Å². The SMILES string of the molecule is CCCN1CCCc2cc(CC(NC(=O)OCC3c4ccccc4-c4ccccc43)C(=O)O)ccc21. The standard InChI is InChI=1S/C30H32N2O4/c1-2-15-32-16-7-8-21-17-20(13-14-28(21)32)18-27(29(33)34)31-30(35)36-19-26-24-11-5-3-9-22(24)23-10-4-6-12-25(23)26/h3-6,9-14,17,26-27H,2,7-8,15-16,18-19H2,1H3,(H,31,35)(H,33,34). The Balaban J connectivity index is 1.24. The van der Waals surface area contributed by atoms with Gasteiger partial charge in [-0.15, -0.1) is 0 Å². The number of amides is 1.